The molecule has 2 atom stereocenters. The number of fused-ring (bicyclic) bond motifs is 2. The molecule has 1 aliphatic heterocycles. The summed E-state index contributed by atoms with van der Waals surface area (Å²) < 4.78 is 1.19. The summed E-state index contributed by atoms with van der Waals surface area (Å²) in [7, 11) is 0. The minimum atomic E-state index is 0.251. The molecule has 2 bridgehead atoms. The van der Waals surface area contributed by atoms with Crippen LogP contribution in [0.5, 0.6) is 0 Å². The van der Waals surface area contributed by atoms with Gasteiger partial charge in [0.05, 0.1) is 8.45 Å². The molecule has 2 heterocycles. The molecule has 1 aromatic rings. The Kier molecular flexibility index (Phi) is 2.51. The zero-order chi connectivity index (χ0) is 10.4. The number of nitrogens with zero attached hydrogens (tertiary/aromatic N) is 1. The molecule has 1 aliphatic carbocycles. The van der Waals surface area contributed by atoms with Gasteiger partial charge in [-0.15, -0.1) is 11.3 Å². The van der Waals surface area contributed by atoms with Crippen LogP contribution in [0.15, 0.2) is 11.4 Å². The van der Waals surface area contributed by atoms with Crippen LogP contribution in [-0.2, 0) is 0 Å². The van der Waals surface area contributed by atoms with Crippen molar-refractivity contribution in [1.82, 2.24) is 4.90 Å². The Hall–Kier alpha value is -0.100. The van der Waals surface area contributed by atoms with Gasteiger partial charge in [-0.2, -0.15) is 0 Å². The van der Waals surface area contributed by atoms with Gasteiger partial charge in [0, 0.05) is 18.0 Å². The van der Waals surface area contributed by atoms with Crippen molar-refractivity contribution in [3.05, 3.63) is 19.9 Å². The van der Waals surface area contributed by atoms with Crippen LogP contribution in [0.1, 0.15) is 29.6 Å². The number of likely N-dealkylation sites (tertiary alicyclic amines) is 1. The Labute approximate surface area is 107 Å². The zero-order valence-electron chi connectivity index (χ0n) is 8.28. The van der Waals surface area contributed by atoms with Crippen LogP contribution in [0.3, 0.4) is 0 Å². The number of piperidine rings is 1. The number of amides is 1. The first-order chi connectivity index (χ1) is 7.24. The first-order valence-corrected chi connectivity index (χ1v) is 7.25. The molecule has 15 heavy (non-hydrogen) atoms. The monoisotopic (exact) mass is 333 g/mol. The van der Waals surface area contributed by atoms with Gasteiger partial charge < -0.3 is 4.90 Å². The molecule has 1 saturated heterocycles. The number of thiophene rings is 1. The number of hydrogen-bond acceptors (Lipinski definition) is 2. The van der Waals surface area contributed by atoms with Crippen molar-refractivity contribution in [2.24, 2.45) is 5.92 Å². The molecule has 0 aromatic carbocycles. The fourth-order valence-electron chi connectivity index (χ4n) is 2.76. The average molecular weight is 333 g/mol. The van der Waals surface area contributed by atoms with E-state index in [-0.39, 0.29) is 5.91 Å². The van der Waals surface area contributed by atoms with E-state index in [4.69, 9.17) is 0 Å². The Morgan fingerprint density at radius 1 is 1.53 bits per heavy atom. The van der Waals surface area contributed by atoms with Crippen LogP contribution >= 0.6 is 33.9 Å². The zero-order valence-corrected chi connectivity index (χ0v) is 11.3. The Bertz CT molecular complexity index is 403. The van der Waals surface area contributed by atoms with E-state index in [0.717, 1.165) is 18.0 Å². The van der Waals surface area contributed by atoms with Gasteiger partial charge >= 0.3 is 0 Å². The minimum absolute atomic E-state index is 0.251. The van der Waals surface area contributed by atoms with Gasteiger partial charge in [0.25, 0.3) is 5.91 Å². The summed E-state index contributed by atoms with van der Waals surface area (Å²) in [5.74, 6) is 1.04. The van der Waals surface area contributed by atoms with E-state index in [2.05, 4.69) is 27.5 Å². The molecule has 2 fully saturated rings. The summed E-state index contributed by atoms with van der Waals surface area (Å²) in [6.45, 7) is 0.996. The van der Waals surface area contributed by atoms with Crippen molar-refractivity contribution >= 4 is 39.8 Å². The van der Waals surface area contributed by atoms with Gasteiger partial charge in [-0.25, -0.2) is 0 Å². The highest BCUT2D eigenvalue weighted by Gasteiger charge is 2.40. The number of carbonyl (C=O) groups is 1. The Morgan fingerprint density at radius 3 is 2.93 bits per heavy atom. The highest BCUT2D eigenvalue weighted by Crippen LogP contribution is 2.38. The second-order valence-corrected chi connectivity index (χ2v) is 7.24. The molecule has 2 aliphatic rings. The van der Waals surface area contributed by atoms with Crippen LogP contribution in [0.4, 0.5) is 0 Å². The largest absolute Gasteiger partial charge is 0.335 e. The van der Waals surface area contributed by atoms with E-state index >= 15 is 0 Å². The number of halogens is 1. The standard InChI is InChI=1S/C11H12INOS/c12-10-4-8(6-15-10)11(14)13-5-7-1-2-9(13)3-7/h4,6-7,9H,1-3,5H2. The number of carbonyl (C=O) groups excluding carboxylic acids is 1. The predicted octanol–water partition coefficient (Wildman–Crippen LogP) is 2.98. The van der Waals surface area contributed by atoms with Gasteiger partial charge in [-0.05, 0) is 53.8 Å². The predicted molar refractivity (Wildman–Crippen MR) is 69.2 cm³/mol. The van der Waals surface area contributed by atoms with Crippen molar-refractivity contribution < 1.29 is 4.79 Å². The third-order valence-electron chi connectivity index (χ3n) is 3.48. The highest BCUT2D eigenvalue weighted by molar-refractivity contribution is 14.1. The van der Waals surface area contributed by atoms with E-state index < -0.39 is 0 Å². The fraction of sp³-hybridized carbons (Fsp3) is 0.545. The molecule has 80 valence electrons. The van der Waals surface area contributed by atoms with E-state index in [1.165, 1.54) is 22.1 Å². The Balaban J connectivity index is 1.81. The summed E-state index contributed by atoms with van der Waals surface area (Å²) in [4.78, 5) is 14.3. The van der Waals surface area contributed by atoms with Gasteiger partial charge in [0.1, 0.15) is 0 Å². The molecule has 0 spiro atoms. The smallest absolute Gasteiger partial charge is 0.254 e. The first kappa shape index (κ1) is 10.1. The van der Waals surface area contributed by atoms with Crippen molar-refractivity contribution in [2.45, 2.75) is 25.3 Å². The van der Waals surface area contributed by atoms with Crippen LogP contribution in [0.25, 0.3) is 0 Å². The van der Waals surface area contributed by atoms with Crippen LogP contribution in [0, 0.1) is 8.80 Å². The van der Waals surface area contributed by atoms with E-state index in [9.17, 15) is 4.79 Å². The summed E-state index contributed by atoms with van der Waals surface area (Å²) >= 11 is 3.92. The molecule has 0 N–H and O–H groups in total. The molecule has 0 radical (unpaired) electrons. The van der Waals surface area contributed by atoms with Crippen molar-refractivity contribution in [2.75, 3.05) is 6.54 Å². The highest BCUT2D eigenvalue weighted by atomic mass is 127. The van der Waals surface area contributed by atoms with E-state index in [1.807, 2.05) is 11.4 Å². The lowest BCUT2D eigenvalue weighted by molar-refractivity contribution is 0.0704. The van der Waals surface area contributed by atoms with Gasteiger partial charge in [-0.3, -0.25) is 4.79 Å². The number of hydrogen-bond donors (Lipinski definition) is 0. The first-order valence-electron chi connectivity index (χ1n) is 5.29. The minimum Gasteiger partial charge on any atom is -0.335 e. The molecular weight excluding hydrogens is 321 g/mol. The van der Waals surface area contributed by atoms with Crippen LogP contribution in [-0.4, -0.2) is 23.4 Å². The third kappa shape index (κ3) is 1.71. The lowest BCUT2D eigenvalue weighted by atomic mass is 10.1. The topological polar surface area (TPSA) is 20.3 Å². The molecule has 2 unspecified atom stereocenters. The lowest BCUT2D eigenvalue weighted by Gasteiger charge is -2.26. The second-order valence-electron chi connectivity index (χ2n) is 4.43. The van der Waals surface area contributed by atoms with Crippen LogP contribution < -0.4 is 0 Å². The Morgan fingerprint density at radius 2 is 2.40 bits per heavy atom. The van der Waals surface area contributed by atoms with Gasteiger partial charge in [0.2, 0.25) is 0 Å². The quantitative estimate of drug-likeness (QED) is 0.724. The second kappa shape index (κ2) is 3.73. The molecule has 2 nitrogen and oxygen atoms in total. The van der Waals surface area contributed by atoms with Crippen molar-refractivity contribution in [3.63, 3.8) is 0 Å². The molecular formula is C11H12INOS. The van der Waals surface area contributed by atoms with Crippen LogP contribution in [0.2, 0.25) is 0 Å². The summed E-state index contributed by atoms with van der Waals surface area (Å²) in [6, 6.07) is 2.54. The maximum absolute atomic E-state index is 12.2. The maximum atomic E-state index is 12.2. The molecule has 1 amide bonds. The van der Waals surface area contributed by atoms with Gasteiger partial charge in [-0.1, -0.05) is 0 Å². The molecule has 1 aromatic heterocycles. The molecule has 4 heteroatoms. The van der Waals surface area contributed by atoms with Crippen molar-refractivity contribution in [1.29, 1.82) is 0 Å². The lowest BCUT2D eigenvalue weighted by Crippen LogP contribution is -2.37. The van der Waals surface area contributed by atoms with Crippen molar-refractivity contribution in [3.8, 4) is 0 Å². The van der Waals surface area contributed by atoms with Gasteiger partial charge in [0.15, 0.2) is 0 Å². The van der Waals surface area contributed by atoms with E-state index in [1.54, 1.807) is 11.3 Å². The summed E-state index contributed by atoms with van der Waals surface area (Å²) in [5, 5.41) is 1.98. The normalized spacial score (nSPS) is 28.7. The average Bonchev–Trinajstić information content (AvgIpc) is 2.90. The van der Waals surface area contributed by atoms with E-state index in [0.29, 0.717) is 6.04 Å². The summed E-state index contributed by atoms with van der Waals surface area (Å²) in [5.41, 5.74) is 0.886. The molecule has 1 saturated carbocycles. The SMILES string of the molecule is O=C(c1csc(I)c1)N1CC2CCC1C2. The maximum Gasteiger partial charge on any atom is 0.254 e. The third-order valence-corrected chi connectivity index (χ3v) is 5.27. The fourth-order valence-corrected chi connectivity index (χ4v) is 4.08. The molecule has 3 rings (SSSR count). The number of rotatable bonds is 1. The summed E-state index contributed by atoms with van der Waals surface area (Å²) in [6.07, 6.45) is 3.79.